The summed E-state index contributed by atoms with van der Waals surface area (Å²) in [6, 6.07) is -0.625. The lowest BCUT2D eigenvalue weighted by atomic mass is 10.0. The molecule has 0 bridgehead atoms. The monoisotopic (exact) mass is 1010 g/mol. The molecule has 72 heavy (non-hydrogen) atoms. The molecule has 0 spiro atoms. The first-order valence-electron chi connectivity index (χ1n) is 32.9. The van der Waals surface area contributed by atoms with Gasteiger partial charge in [-0.1, -0.05) is 345 Å². The van der Waals surface area contributed by atoms with E-state index < -0.39 is 12.1 Å². The van der Waals surface area contributed by atoms with E-state index in [2.05, 4.69) is 55.6 Å². The fraction of sp³-hybridized carbons (Fsp3) is 0.868. The molecule has 2 atom stereocenters. The predicted molar refractivity (Wildman–Crippen MR) is 322 cm³/mol. The summed E-state index contributed by atoms with van der Waals surface area (Å²) in [5, 5.41) is 23.3. The predicted octanol–water partition coefficient (Wildman–Crippen LogP) is 22.2. The van der Waals surface area contributed by atoms with Gasteiger partial charge in [0.25, 0.3) is 0 Å². The number of unbranched alkanes of at least 4 members (excludes halogenated alkanes) is 48. The van der Waals surface area contributed by atoms with Crippen molar-refractivity contribution >= 4 is 5.91 Å². The third-order valence-corrected chi connectivity index (χ3v) is 15.3. The summed E-state index contributed by atoms with van der Waals surface area (Å²) in [7, 11) is 0. The minimum atomic E-state index is -0.842. The Balaban J connectivity index is 3.45. The van der Waals surface area contributed by atoms with Crippen LogP contribution in [0.1, 0.15) is 361 Å². The first-order chi connectivity index (χ1) is 35.7. The topological polar surface area (TPSA) is 69.6 Å². The maximum absolute atomic E-state index is 12.5. The van der Waals surface area contributed by atoms with E-state index in [-0.39, 0.29) is 12.5 Å². The molecule has 0 aliphatic carbocycles. The molecule has 4 nitrogen and oxygen atoms in total. The molecule has 0 rings (SSSR count). The average Bonchev–Trinajstić information content (AvgIpc) is 3.39. The number of carbonyl (C=O) groups is 1. The Kier molecular flexibility index (Phi) is 62.2. The Morgan fingerprint density at radius 1 is 0.333 bits per heavy atom. The maximum atomic E-state index is 12.5. The first-order valence-corrected chi connectivity index (χ1v) is 32.9. The molecule has 0 aromatic rings. The van der Waals surface area contributed by atoms with Gasteiger partial charge in [0.15, 0.2) is 0 Å². The third kappa shape index (κ3) is 59.2. The molecule has 3 N–H and O–H groups in total. The molecule has 0 heterocycles. The van der Waals surface area contributed by atoms with Crippen molar-refractivity contribution in [2.24, 2.45) is 0 Å². The molecule has 4 heteroatoms. The summed E-state index contributed by atoms with van der Waals surface area (Å²) < 4.78 is 0. The van der Waals surface area contributed by atoms with E-state index in [1.54, 1.807) is 6.08 Å². The zero-order valence-electron chi connectivity index (χ0n) is 49.0. The largest absolute Gasteiger partial charge is 0.394 e. The van der Waals surface area contributed by atoms with Crippen molar-refractivity contribution in [1.29, 1.82) is 0 Å². The fourth-order valence-electron chi connectivity index (χ4n) is 10.3. The highest BCUT2D eigenvalue weighted by Crippen LogP contribution is 2.18. The van der Waals surface area contributed by atoms with Gasteiger partial charge in [-0.25, -0.2) is 0 Å². The van der Waals surface area contributed by atoms with Crippen molar-refractivity contribution < 1.29 is 15.0 Å². The van der Waals surface area contributed by atoms with Crippen LogP contribution in [0.2, 0.25) is 0 Å². The van der Waals surface area contributed by atoms with Gasteiger partial charge in [-0.05, 0) is 57.8 Å². The lowest BCUT2D eigenvalue weighted by Gasteiger charge is -2.20. The number of hydrogen-bond acceptors (Lipinski definition) is 3. The molecular weight excluding hydrogens is 879 g/mol. The highest BCUT2D eigenvalue weighted by Gasteiger charge is 2.18. The number of carbonyl (C=O) groups excluding carboxylic acids is 1. The Labute approximate surface area is 452 Å². The quantitative estimate of drug-likeness (QED) is 0.0420. The lowest BCUT2D eigenvalue weighted by molar-refractivity contribution is -0.123. The van der Waals surface area contributed by atoms with Gasteiger partial charge in [-0.3, -0.25) is 4.79 Å². The molecule has 0 saturated carbocycles. The molecule has 0 saturated heterocycles. The number of aliphatic hydroxyl groups is 2. The van der Waals surface area contributed by atoms with Gasteiger partial charge in [-0.15, -0.1) is 0 Å². The number of nitrogens with one attached hydrogen (secondary N) is 1. The van der Waals surface area contributed by atoms with Crippen LogP contribution in [0.3, 0.4) is 0 Å². The second-order valence-corrected chi connectivity index (χ2v) is 22.5. The fourth-order valence-corrected chi connectivity index (χ4v) is 10.3. The summed E-state index contributed by atoms with van der Waals surface area (Å²) in [4.78, 5) is 12.5. The van der Waals surface area contributed by atoms with Crippen molar-refractivity contribution in [3.63, 3.8) is 0 Å². The molecule has 0 aliphatic heterocycles. The van der Waals surface area contributed by atoms with Crippen LogP contribution >= 0.6 is 0 Å². The zero-order chi connectivity index (χ0) is 52.0. The average molecular weight is 1010 g/mol. The second-order valence-electron chi connectivity index (χ2n) is 22.5. The maximum Gasteiger partial charge on any atom is 0.220 e. The zero-order valence-corrected chi connectivity index (χ0v) is 49.0. The van der Waals surface area contributed by atoms with Crippen molar-refractivity contribution in [1.82, 2.24) is 5.32 Å². The second kappa shape index (κ2) is 63.6. The Hall–Kier alpha value is -1.65. The highest BCUT2D eigenvalue weighted by atomic mass is 16.3. The number of aliphatic hydroxyl groups excluding tert-OH is 2. The van der Waals surface area contributed by atoms with E-state index in [1.165, 1.54) is 302 Å². The summed E-state index contributed by atoms with van der Waals surface area (Å²) >= 11 is 0. The van der Waals surface area contributed by atoms with Gasteiger partial charge >= 0.3 is 0 Å². The summed E-state index contributed by atoms with van der Waals surface area (Å²) in [5.41, 5.74) is 0. The van der Waals surface area contributed by atoms with Crippen molar-refractivity contribution in [3.05, 3.63) is 48.6 Å². The van der Waals surface area contributed by atoms with Crippen LogP contribution in [0.25, 0.3) is 0 Å². The SMILES string of the molecule is CCCCCCC/C=C\C/C=C\C/C=C\CCCCCCCCCCCCCCCCC(=O)NC(CO)C(O)/C=C/CCCCCCCCCCCCCCCCCCCCCCCCCCCCCCC. The molecule has 0 radical (unpaired) electrons. The standard InChI is InChI=1S/C68H129NO3/c1-3-5-7-9-11-13-15-17-19-21-23-25-27-29-31-33-34-36-37-39-41-43-45-47-49-51-53-55-57-59-61-63-67(71)66(65-70)69-68(72)64-62-60-58-56-54-52-50-48-46-44-42-40-38-35-32-30-28-26-24-22-20-18-16-14-12-10-8-6-4-2/h16,18,22,24,28,30,61,63,66-67,70-71H,3-15,17,19-21,23,25-27,29,31-60,62,64-65H2,1-2H3,(H,69,72)/b18-16-,24-22-,30-28-,63-61+. The van der Waals surface area contributed by atoms with Gasteiger partial charge in [0, 0.05) is 6.42 Å². The molecule has 424 valence electrons. The Bertz CT molecular complexity index is 1140. The van der Waals surface area contributed by atoms with Crippen molar-refractivity contribution in [3.8, 4) is 0 Å². The molecule has 2 unspecified atom stereocenters. The van der Waals surface area contributed by atoms with Gasteiger partial charge in [0.1, 0.15) is 0 Å². The van der Waals surface area contributed by atoms with E-state index in [4.69, 9.17) is 0 Å². The van der Waals surface area contributed by atoms with Crippen LogP contribution < -0.4 is 5.32 Å². The van der Waals surface area contributed by atoms with Crippen LogP contribution in [0.15, 0.2) is 48.6 Å². The number of hydrogen-bond donors (Lipinski definition) is 3. The third-order valence-electron chi connectivity index (χ3n) is 15.3. The van der Waals surface area contributed by atoms with Crippen LogP contribution in [0.5, 0.6) is 0 Å². The van der Waals surface area contributed by atoms with Crippen LogP contribution in [-0.4, -0.2) is 34.9 Å². The molecule has 0 aliphatic rings. The van der Waals surface area contributed by atoms with Gasteiger partial charge in [0.05, 0.1) is 18.8 Å². The normalized spacial score (nSPS) is 13.0. The Morgan fingerprint density at radius 2 is 0.569 bits per heavy atom. The summed E-state index contributed by atoms with van der Waals surface area (Å²) in [6.45, 7) is 4.34. The Morgan fingerprint density at radius 3 is 0.847 bits per heavy atom. The van der Waals surface area contributed by atoms with Crippen LogP contribution in [0.4, 0.5) is 0 Å². The van der Waals surface area contributed by atoms with Gasteiger partial charge < -0.3 is 15.5 Å². The van der Waals surface area contributed by atoms with Gasteiger partial charge in [-0.2, -0.15) is 0 Å². The van der Waals surface area contributed by atoms with E-state index in [0.717, 1.165) is 38.5 Å². The minimum Gasteiger partial charge on any atom is -0.394 e. The van der Waals surface area contributed by atoms with Crippen LogP contribution in [-0.2, 0) is 4.79 Å². The van der Waals surface area contributed by atoms with E-state index in [1.807, 2.05) is 6.08 Å². The van der Waals surface area contributed by atoms with Crippen molar-refractivity contribution in [2.45, 2.75) is 373 Å². The minimum absolute atomic E-state index is 0.0601. The molecule has 0 fully saturated rings. The number of amides is 1. The summed E-state index contributed by atoms with van der Waals surface area (Å²) in [5.74, 6) is -0.0601. The van der Waals surface area contributed by atoms with Crippen molar-refractivity contribution in [2.75, 3.05) is 6.61 Å². The van der Waals surface area contributed by atoms with Crippen LogP contribution in [0, 0.1) is 0 Å². The van der Waals surface area contributed by atoms with E-state index in [9.17, 15) is 15.0 Å². The molecular formula is C68H129NO3. The van der Waals surface area contributed by atoms with E-state index >= 15 is 0 Å². The first kappa shape index (κ1) is 70.3. The van der Waals surface area contributed by atoms with Gasteiger partial charge in [0.2, 0.25) is 5.91 Å². The lowest BCUT2D eigenvalue weighted by Crippen LogP contribution is -2.45. The number of rotatable bonds is 61. The van der Waals surface area contributed by atoms with E-state index in [0.29, 0.717) is 6.42 Å². The summed E-state index contributed by atoms with van der Waals surface area (Å²) in [6.07, 6.45) is 88.9. The molecule has 1 amide bonds. The molecule has 0 aromatic carbocycles. The highest BCUT2D eigenvalue weighted by molar-refractivity contribution is 5.76. The smallest absolute Gasteiger partial charge is 0.220 e. The molecule has 0 aromatic heterocycles. The number of allylic oxidation sites excluding steroid dienone is 7.